The van der Waals surface area contributed by atoms with Gasteiger partial charge in [-0.1, -0.05) is 23.7 Å². The molecule has 7 heteroatoms. The summed E-state index contributed by atoms with van der Waals surface area (Å²) in [5, 5.41) is 0.00953. The Morgan fingerprint density at radius 1 is 0.969 bits per heavy atom. The summed E-state index contributed by atoms with van der Waals surface area (Å²) >= 11 is 5.97. The third-order valence-electron chi connectivity index (χ3n) is 6.08. The highest BCUT2D eigenvalue weighted by Crippen LogP contribution is 2.42. The molecule has 5 nitrogen and oxygen atoms in total. The van der Waals surface area contributed by atoms with Gasteiger partial charge in [-0.25, -0.2) is 4.39 Å². The smallest absolute Gasteiger partial charge is 0.254 e. The van der Waals surface area contributed by atoms with Gasteiger partial charge in [0.05, 0.1) is 18.2 Å². The van der Waals surface area contributed by atoms with Crippen molar-refractivity contribution in [3.63, 3.8) is 0 Å². The molecule has 0 atom stereocenters. The molecule has 5 rings (SSSR count). The quantitative estimate of drug-likeness (QED) is 0.506. The molecule has 1 aliphatic heterocycles. The number of halogens is 2. The minimum atomic E-state index is -0.534. The Morgan fingerprint density at radius 2 is 1.75 bits per heavy atom. The molecule has 3 aromatic carbocycles. The Labute approximate surface area is 189 Å². The summed E-state index contributed by atoms with van der Waals surface area (Å²) < 4.78 is 19.0. The van der Waals surface area contributed by atoms with Gasteiger partial charge in [-0.15, -0.1) is 0 Å². The number of carbonyl (C=O) groups excluding carboxylic acids is 2. The van der Waals surface area contributed by atoms with E-state index in [1.54, 1.807) is 17.0 Å². The van der Waals surface area contributed by atoms with Gasteiger partial charge in [0.1, 0.15) is 5.82 Å². The number of hydrogen-bond acceptors (Lipinski definition) is 3. The largest absolute Gasteiger partial charge is 0.378 e. The predicted octanol–water partition coefficient (Wildman–Crippen LogP) is 4.29. The maximum absolute atomic E-state index is 13.6. The van der Waals surface area contributed by atoms with Crippen LogP contribution in [0.4, 0.5) is 4.39 Å². The van der Waals surface area contributed by atoms with Gasteiger partial charge in [0.15, 0.2) is 0 Å². The molecule has 0 spiro atoms. The standard InChI is InChI=1S/C25H20ClFN2O3/c26-22-13-14(2-4-23(22)27)16-10-19-18-3-1-15(25(31)29-5-7-32-8-6-29)9-17(18)12-20(19)21(11-16)24(28)30/h1-4,9-11,13H,5-8,12H2,(H2,28,30). The fourth-order valence-corrected chi connectivity index (χ4v) is 4.62. The minimum absolute atomic E-state index is 0.00953. The molecule has 0 radical (unpaired) electrons. The van der Waals surface area contributed by atoms with Gasteiger partial charge in [0.25, 0.3) is 5.91 Å². The Morgan fingerprint density at radius 3 is 2.47 bits per heavy atom. The molecular weight excluding hydrogens is 431 g/mol. The van der Waals surface area contributed by atoms with Gasteiger partial charge in [-0.2, -0.15) is 0 Å². The van der Waals surface area contributed by atoms with Crippen LogP contribution in [0.25, 0.3) is 22.3 Å². The molecule has 0 saturated carbocycles. The van der Waals surface area contributed by atoms with Crippen molar-refractivity contribution < 1.29 is 18.7 Å². The van der Waals surface area contributed by atoms with Crippen LogP contribution in [0.2, 0.25) is 5.02 Å². The molecular formula is C25H20ClFN2O3. The number of carbonyl (C=O) groups is 2. The van der Waals surface area contributed by atoms with E-state index in [1.165, 1.54) is 12.1 Å². The third kappa shape index (κ3) is 3.55. The van der Waals surface area contributed by atoms with Crippen molar-refractivity contribution in [2.24, 2.45) is 5.73 Å². The Kier molecular flexibility index (Phi) is 5.19. The van der Waals surface area contributed by atoms with Gasteiger partial charge in [-0.3, -0.25) is 9.59 Å². The fourth-order valence-electron chi connectivity index (χ4n) is 4.44. The van der Waals surface area contributed by atoms with Crippen LogP contribution >= 0.6 is 11.6 Å². The van der Waals surface area contributed by atoms with Gasteiger partial charge < -0.3 is 15.4 Å². The van der Waals surface area contributed by atoms with Crippen LogP contribution in [0.15, 0.2) is 48.5 Å². The van der Waals surface area contributed by atoms with E-state index in [4.69, 9.17) is 22.1 Å². The minimum Gasteiger partial charge on any atom is -0.378 e. The van der Waals surface area contributed by atoms with Crippen LogP contribution in [-0.2, 0) is 11.2 Å². The van der Waals surface area contributed by atoms with Crippen molar-refractivity contribution in [2.45, 2.75) is 6.42 Å². The second-order valence-electron chi connectivity index (χ2n) is 8.00. The van der Waals surface area contributed by atoms with E-state index in [1.807, 2.05) is 24.3 Å². The maximum atomic E-state index is 13.6. The fraction of sp³-hybridized carbons (Fsp3) is 0.200. The van der Waals surface area contributed by atoms with Crippen molar-refractivity contribution in [2.75, 3.05) is 26.3 Å². The number of nitrogens with two attached hydrogens (primary N) is 1. The summed E-state index contributed by atoms with van der Waals surface area (Å²) in [5.74, 6) is -1.06. The van der Waals surface area contributed by atoms with Gasteiger partial charge in [0, 0.05) is 24.2 Å². The van der Waals surface area contributed by atoms with E-state index < -0.39 is 11.7 Å². The summed E-state index contributed by atoms with van der Waals surface area (Å²) in [5.41, 5.74) is 11.8. The van der Waals surface area contributed by atoms with Crippen molar-refractivity contribution in [3.05, 3.63) is 81.6 Å². The number of fused-ring (bicyclic) bond motifs is 3. The predicted molar refractivity (Wildman–Crippen MR) is 120 cm³/mol. The summed E-state index contributed by atoms with van der Waals surface area (Å²) in [7, 11) is 0. The molecule has 1 fully saturated rings. The number of primary amides is 1. The second kappa shape index (κ2) is 8.04. The molecule has 162 valence electrons. The highest BCUT2D eigenvalue weighted by molar-refractivity contribution is 6.31. The molecule has 0 unspecified atom stereocenters. The van der Waals surface area contributed by atoms with E-state index in [0.29, 0.717) is 49.4 Å². The first-order valence-electron chi connectivity index (χ1n) is 10.3. The lowest BCUT2D eigenvalue weighted by atomic mass is 9.94. The summed E-state index contributed by atoms with van der Waals surface area (Å²) in [6.45, 7) is 2.23. The van der Waals surface area contributed by atoms with E-state index in [0.717, 1.165) is 27.8 Å². The number of rotatable bonds is 3. The molecule has 0 bridgehead atoms. The number of benzene rings is 3. The zero-order valence-electron chi connectivity index (χ0n) is 17.2. The van der Waals surface area contributed by atoms with E-state index >= 15 is 0 Å². The SMILES string of the molecule is NC(=O)c1cc(-c2ccc(F)c(Cl)c2)cc2c1Cc1cc(C(=O)N3CCOCC3)ccc1-2. The van der Waals surface area contributed by atoms with Gasteiger partial charge in [0.2, 0.25) is 5.91 Å². The number of nitrogens with zero attached hydrogens (tertiary/aromatic N) is 1. The first kappa shape index (κ1) is 20.7. The lowest BCUT2D eigenvalue weighted by molar-refractivity contribution is 0.0303. The molecule has 0 aromatic heterocycles. The highest BCUT2D eigenvalue weighted by Gasteiger charge is 2.27. The zero-order valence-corrected chi connectivity index (χ0v) is 17.9. The molecule has 2 amide bonds. The maximum Gasteiger partial charge on any atom is 0.254 e. The van der Waals surface area contributed by atoms with Crippen LogP contribution in [0.5, 0.6) is 0 Å². The molecule has 1 heterocycles. The van der Waals surface area contributed by atoms with Crippen LogP contribution < -0.4 is 5.73 Å². The Balaban J connectivity index is 1.57. The summed E-state index contributed by atoms with van der Waals surface area (Å²) in [6.07, 6.45) is 0.512. The van der Waals surface area contributed by atoms with Crippen molar-refractivity contribution in [3.8, 4) is 22.3 Å². The van der Waals surface area contributed by atoms with E-state index in [-0.39, 0.29) is 10.9 Å². The van der Waals surface area contributed by atoms with E-state index in [2.05, 4.69) is 0 Å². The first-order chi connectivity index (χ1) is 15.4. The monoisotopic (exact) mass is 450 g/mol. The molecule has 2 N–H and O–H groups in total. The number of hydrogen-bond donors (Lipinski definition) is 1. The molecule has 1 aliphatic carbocycles. The summed E-state index contributed by atoms with van der Waals surface area (Å²) in [6, 6.07) is 13.8. The van der Waals surface area contributed by atoms with Crippen LogP contribution in [0.1, 0.15) is 31.8 Å². The average molecular weight is 451 g/mol. The first-order valence-corrected chi connectivity index (χ1v) is 10.7. The van der Waals surface area contributed by atoms with Gasteiger partial charge >= 0.3 is 0 Å². The third-order valence-corrected chi connectivity index (χ3v) is 6.37. The number of ether oxygens (including phenoxy) is 1. The summed E-state index contributed by atoms with van der Waals surface area (Å²) in [4.78, 5) is 27.0. The number of morpholine rings is 1. The average Bonchev–Trinajstić information content (AvgIpc) is 3.18. The lowest BCUT2D eigenvalue weighted by Crippen LogP contribution is -2.40. The highest BCUT2D eigenvalue weighted by atomic mass is 35.5. The van der Waals surface area contributed by atoms with Crippen LogP contribution in [0.3, 0.4) is 0 Å². The molecule has 1 saturated heterocycles. The lowest BCUT2D eigenvalue weighted by Gasteiger charge is -2.27. The molecule has 32 heavy (non-hydrogen) atoms. The normalized spacial score (nSPS) is 14.8. The zero-order chi connectivity index (χ0) is 22.4. The topological polar surface area (TPSA) is 72.6 Å². The van der Waals surface area contributed by atoms with Crippen molar-refractivity contribution >= 4 is 23.4 Å². The van der Waals surface area contributed by atoms with Crippen molar-refractivity contribution in [1.29, 1.82) is 0 Å². The van der Waals surface area contributed by atoms with Crippen LogP contribution in [-0.4, -0.2) is 43.0 Å². The Bertz CT molecular complexity index is 1270. The molecule has 2 aliphatic rings. The molecule has 3 aromatic rings. The Hall–Kier alpha value is -3.22. The van der Waals surface area contributed by atoms with E-state index in [9.17, 15) is 14.0 Å². The van der Waals surface area contributed by atoms with Crippen molar-refractivity contribution in [1.82, 2.24) is 4.90 Å². The number of amides is 2. The van der Waals surface area contributed by atoms with Crippen LogP contribution in [0, 0.1) is 5.82 Å². The van der Waals surface area contributed by atoms with Gasteiger partial charge in [-0.05, 0) is 76.2 Å². The second-order valence-corrected chi connectivity index (χ2v) is 8.40.